The van der Waals surface area contributed by atoms with Gasteiger partial charge in [0.2, 0.25) is 5.95 Å². The smallest absolute Gasteiger partial charge is 0.227 e. The van der Waals surface area contributed by atoms with Crippen LogP contribution in [0.25, 0.3) is 22.3 Å². The fourth-order valence-electron chi connectivity index (χ4n) is 4.59. The lowest BCUT2D eigenvalue weighted by molar-refractivity contribution is 0.0622. The van der Waals surface area contributed by atoms with Crippen molar-refractivity contribution in [1.82, 2.24) is 29.7 Å². The minimum Gasteiger partial charge on any atom is -0.492 e. The van der Waals surface area contributed by atoms with Gasteiger partial charge in [-0.05, 0) is 63.8 Å². The molecule has 10 heteroatoms. The van der Waals surface area contributed by atoms with Gasteiger partial charge in [-0.15, -0.1) is 10.2 Å². The predicted molar refractivity (Wildman–Crippen MR) is 140 cm³/mol. The van der Waals surface area contributed by atoms with Gasteiger partial charge in [-0.1, -0.05) is 0 Å². The van der Waals surface area contributed by atoms with E-state index in [0.717, 1.165) is 65.5 Å². The first-order chi connectivity index (χ1) is 17.5. The van der Waals surface area contributed by atoms with Gasteiger partial charge in [-0.3, -0.25) is 0 Å². The lowest BCUT2D eigenvalue weighted by atomic mass is 9.93. The maximum atomic E-state index is 5.92. The van der Waals surface area contributed by atoms with Crippen LogP contribution in [0.4, 0.5) is 17.5 Å². The molecule has 0 radical (unpaired) electrons. The van der Waals surface area contributed by atoms with Crippen LogP contribution in [0, 0.1) is 12.8 Å². The van der Waals surface area contributed by atoms with Crippen molar-refractivity contribution in [2.24, 2.45) is 13.0 Å². The summed E-state index contributed by atoms with van der Waals surface area (Å²) in [5, 5.41) is 16.1. The third-order valence-electron chi connectivity index (χ3n) is 6.53. The highest BCUT2D eigenvalue weighted by atomic mass is 16.5. The highest BCUT2D eigenvalue weighted by Crippen LogP contribution is 2.32. The molecule has 1 atom stereocenters. The first-order valence-electron chi connectivity index (χ1n) is 12.4. The summed E-state index contributed by atoms with van der Waals surface area (Å²) < 4.78 is 13.3. The Morgan fingerprint density at radius 3 is 2.78 bits per heavy atom. The van der Waals surface area contributed by atoms with Gasteiger partial charge in [0.15, 0.2) is 11.6 Å². The minimum atomic E-state index is 0.260. The van der Waals surface area contributed by atoms with Crippen LogP contribution in [0.1, 0.15) is 32.4 Å². The molecule has 0 spiro atoms. The van der Waals surface area contributed by atoms with Crippen molar-refractivity contribution < 1.29 is 9.47 Å². The maximum Gasteiger partial charge on any atom is 0.227 e. The van der Waals surface area contributed by atoms with Crippen LogP contribution < -0.4 is 15.4 Å². The van der Waals surface area contributed by atoms with E-state index in [1.807, 2.05) is 55.9 Å². The normalized spacial score (nSPS) is 15.1. The number of anilines is 3. The van der Waals surface area contributed by atoms with Gasteiger partial charge in [0.1, 0.15) is 17.6 Å². The number of hydrogen-bond donors (Lipinski definition) is 2. The van der Waals surface area contributed by atoms with Crippen molar-refractivity contribution in [1.29, 1.82) is 0 Å². The number of hydrogen-bond acceptors (Lipinski definition) is 9. The fourth-order valence-corrected chi connectivity index (χ4v) is 4.59. The average molecular weight is 489 g/mol. The molecule has 0 amide bonds. The van der Waals surface area contributed by atoms with E-state index in [4.69, 9.17) is 19.4 Å². The molecule has 1 aromatic carbocycles. The van der Waals surface area contributed by atoms with Gasteiger partial charge >= 0.3 is 0 Å². The average Bonchev–Trinajstić information content (AvgIpc) is 3.31. The summed E-state index contributed by atoms with van der Waals surface area (Å²) in [6.07, 6.45) is 5.60. The highest BCUT2D eigenvalue weighted by molar-refractivity contribution is 5.89. The second-order valence-corrected chi connectivity index (χ2v) is 9.16. The molecule has 0 bridgehead atoms. The van der Waals surface area contributed by atoms with Crippen molar-refractivity contribution in [2.45, 2.75) is 39.7 Å². The number of rotatable bonds is 8. The van der Waals surface area contributed by atoms with Crippen LogP contribution in [-0.2, 0) is 11.8 Å². The standard InChI is InChI=1S/C26H32N8O2/c1-5-36-22-13-19(25-33-28-15-34(25)4)6-7-21(22)31-26-27-14-20-12-16(2)29-24(23(20)32-26)30-17(3)18-8-10-35-11-9-18/h6-7,12-15,17-18H,5,8-11H2,1-4H3,(H,29,30)(H,27,31,32). The zero-order chi connectivity index (χ0) is 25.1. The Bertz CT molecular complexity index is 1350. The van der Waals surface area contributed by atoms with Gasteiger partial charge in [0.05, 0.1) is 12.3 Å². The van der Waals surface area contributed by atoms with Crippen molar-refractivity contribution in [3.8, 4) is 17.1 Å². The molecule has 1 saturated heterocycles. The molecule has 0 aliphatic carbocycles. The summed E-state index contributed by atoms with van der Waals surface area (Å²) in [5.41, 5.74) is 3.39. The van der Waals surface area contributed by atoms with Crippen LogP contribution in [0.2, 0.25) is 0 Å². The van der Waals surface area contributed by atoms with Gasteiger partial charge in [-0.25, -0.2) is 15.0 Å². The van der Waals surface area contributed by atoms with Crippen LogP contribution in [0.15, 0.2) is 36.8 Å². The van der Waals surface area contributed by atoms with E-state index in [1.165, 1.54) is 0 Å². The first-order valence-corrected chi connectivity index (χ1v) is 12.4. The van der Waals surface area contributed by atoms with Gasteiger partial charge in [0, 0.05) is 49.1 Å². The Kier molecular flexibility index (Phi) is 6.95. The fraction of sp³-hybridized carbons (Fsp3) is 0.423. The molecule has 10 nitrogen and oxygen atoms in total. The SMILES string of the molecule is CCOc1cc(-c2nncn2C)ccc1Nc1ncc2cc(C)nc(NC(C)C3CCOCC3)c2n1. The molecule has 1 fully saturated rings. The Hall–Kier alpha value is -3.79. The summed E-state index contributed by atoms with van der Waals surface area (Å²) in [5.74, 6) is 3.24. The number of aryl methyl sites for hydroxylation is 2. The summed E-state index contributed by atoms with van der Waals surface area (Å²) in [7, 11) is 1.91. The molecule has 1 unspecified atom stereocenters. The maximum absolute atomic E-state index is 5.92. The van der Waals surface area contributed by atoms with Crippen molar-refractivity contribution >= 4 is 28.4 Å². The molecule has 1 aliphatic rings. The van der Waals surface area contributed by atoms with Crippen molar-refractivity contribution in [3.05, 3.63) is 42.5 Å². The van der Waals surface area contributed by atoms with E-state index >= 15 is 0 Å². The number of pyridine rings is 1. The molecule has 3 aromatic heterocycles. The lowest BCUT2D eigenvalue weighted by Crippen LogP contribution is -2.31. The van der Waals surface area contributed by atoms with E-state index in [9.17, 15) is 0 Å². The zero-order valence-electron chi connectivity index (χ0n) is 21.2. The topological polar surface area (TPSA) is 112 Å². The number of nitrogens with one attached hydrogen (secondary N) is 2. The summed E-state index contributed by atoms with van der Waals surface area (Å²) in [6, 6.07) is 8.14. The summed E-state index contributed by atoms with van der Waals surface area (Å²) in [6.45, 7) is 8.30. The third-order valence-corrected chi connectivity index (χ3v) is 6.53. The molecule has 2 N–H and O–H groups in total. The van der Waals surface area contributed by atoms with E-state index in [2.05, 4.69) is 32.7 Å². The molecule has 0 saturated carbocycles. The molecule has 188 valence electrons. The molecular formula is C26H32N8O2. The number of benzene rings is 1. The zero-order valence-corrected chi connectivity index (χ0v) is 21.2. The Balaban J connectivity index is 1.44. The minimum absolute atomic E-state index is 0.260. The third kappa shape index (κ3) is 5.08. The number of nitrogens with zero attached hydrogens (tertiary/aromatic N) is 6. The second-order valence-electron chi connectivity index (χ2n) is 9.16. The molecule has 36 heavy (non-hydrogen) atoms. The molecule has 5 rings (SSSR count). The largest absolute Gasteiger partial charge is 0.492 e. The molecule has 1 aliphatic heterocycles. The quantitative estimate of drug-likeness (QED) is 0.370. The van der Waals surface area contributed by atoms with Crippen LogP contribution >= 0.6 is 0 Å². The monoisotopic (exact) mass is 488 g/mol. The second kappa shape index (κ2) is 10.4. The van der Waals surface area contributed by atoms with Crippen LogP contribution in [0.5, 0.6) is 5.75 Å². The van der Waals surface area contributed by atoms with E-state index < -0.39 is 0 Å². The first kappa shape index (κ1) is 23.9. The highest BCUT2D eigenvalue weighted by Gasteiger charge is 2.22. The van der Waals surface area contributed by atoms with Gasteiger partial charge in [-0.2, -0.15) is 0 Å². The number of aromatic nitrogens is 6. The number of ether oxygens (including phenoxy) is 2. The van der Waals surface area contributed by atoms with Crippen LogP contribution in [-0.4, -0.2) is 55.6 Å². The van der Waals surface area contributed by atoms with Crippen molar-refractivity contribution in [2.75, 3.05) is 30.5 Å². The molecule has 4 heterocycles. The predicted octanol–water partition coefficient (Wildman–Crippen LogP) is 4.50. The summed E-state index contributed by atoms with van der Waals surface area (Å²) in [4.78, 5) is 14.2. The Labute approximate surface area is 210 Å². The number of fused-ring (bicyclic) bond motifs is 1. The van der Waals surface area contributed by atoms with E-state index in [1.54, 1.807) is 6.33 Å². The van der Waals surface area contributed by atoms with E-state index in [-0.39, 0.29) is 6.04 Å². The summed E-state index contributed by atoms with van der Waals surface area (Å²) >= 11 is 0. The Morgan fingerprint density at radius 1 is 1.19 bits per heavy atom. The Morgan fingerprint density at radius 2 is 2.03 bits per heavy atom. The molecular weight excluding hydrogens is 456 g/mol. The van der Waals surface area contributed by atoms with Gasteiger partial charge < -0.3 is 24.7 Å². The van der Waals surface area contributed by atoms with E-state index in [0.29, 0.717) is 24.2 Å². The lowest BCUT2D eigenvalue weighted by Gasteiger charge is -2.29. The van der Waals surface area contributed by atoms with Crippen molar-refractivity contribution in [3.63, 3.8) is 0 Å². The van der Waals surface area contributed by atoms with Gasteiger partial charge in [0.25, 0.3) is 0 Å². The van der Waals surface area contributed by atoms with Crippen LogP contribution in [0.3, 0.4) is 0 Å². The molecule has 4 aromatic rings.